The molecule has 0 saturated carbocycles. The molecule has 7 heteroatoms. The molecule has 5 rings (SSSR count). The van der Waals surface area contributed by atoms with Crippen LogP contribution in [0, 0.1) is 0 Å². The molecule has 0 aliphatic carbocycles. The van der Waals surface area contributed by atoms with Gasteiger partial charge in [-0.3, -0.25) is 4.79 Å². The molecule has 2 aliphatic rings. The highest BCUT2D eigenvalue weighted by Gasteiger charge is 2.27. The number of anilines is 3. The molecule has 2 aromatic heterocycles. The van der Waals surface area contributed by atoms with Gasteiger partial charge in [-0.05, 0) is 43.7 Å². The Balaban J connectivity index is 1.49. The maximum absolute atomic E-state index is 12.1. The number of carbonyl (C=O) groups is 1. The van der Waals surface area contributed by atoms with Crippen molar-refractivity contribution in [2.75, 3.05) is 16.8 Å². The van der Waals surface area contributed by atoms with E-state index in [1.165, 1.54) is 0 Å². The molecule has 1 N–H and O–H groups in total. The number of benzene rings is 1. The van der Waals surface area contributed by atoms with Crippen LogP contribution in [0.15, 0.2) is 48.8 Å². The van der Waals surface area contributed by atoms with E-state index in [1.54, 1.807) is 6.20 Å². The van der Waals surface area contributed by atoms with Crippen LogP contribution in [0.25, 0.3) is 11.1 Å². The van der Waals surface area contributed by atoms with Gasteiger partial charge in [-0.1, -0.05) is 0 Å². The molecule has 3 aromatic rings. The smallest absolute Gasteiger partial charge is 0.227 e. The fourth-order valence-electron chi connectivity index (χ4n) is 3.77. The van der Waals surface area contributed by atoms with Crippen LogP contribution in [0.5, 0.6) is 5.75 Å². The quantitative estimate of drug-likeness (QED) is 0.751. The number of fused-ring (bicyclic) bond motifs is 3. The number of ether oxygens (including phenoxy) is 1. The van der Waals surface area contributed by atoms with Gasteiger partial charge in [0.2, 0.25) is 5.91 Å². The van der Waals surface area contributed by atoms with Gasteiger partial charge in [-0.2, -0.15) is 5.10 Å². The zero-order chi connectivity index (χ0) is 19.1. The number of nitrogens with one attached hydrogen (secondary N) is 1. The van der Waals surface area contributed by atoms with Crippen LogP contribution in [0.4, 0.5) is 17.3 Å². The van der Waals surface area contributed by atoms with Crippen molar-refractivity contribution in [3.63, 3.8) is 0 Å². The van der Waals surface area contributed by atoms with Crippen molar-refractivity contribution in [2.45, 2.75) is 25.9 Å². The third-order valence-corrected chi connectivity index (χ3v) is 5.15. The lowest BCUT2D eigenvalue weighted by molar-refractivity contribution is -0.117. The number of carbonyl (C=O) groups excluding carboxylic acids is 1. The molecule has 0 spiro atoms. The number of nitrogens with zero attached hydrogens (tertiary/aromatic N) is 4. The summed E-state index contributed by atoms with van der Waals surface area (Å²) in [5.74, 6) is 2.29. The first-order chi connectivity index (χ1) is 13.7. The van der Waals surface area contributed by atoms with Gasteiger partial charge in [0, 0.05) is 53.8 Å². The SMILES string of the molecule is C[C@@H]1Oc2cc(N3CCCC3=O)ccc2-c2cnc(Nc3cccnn3)cc21. The predicted molar refractivity (Wildman–Crippen MR) is 106 cm³/mol. The molecule has 0 unspecified atom stereocenters. The molecule has 2 aliphatic heterocycles. The number of amides is 1. The van der Waals surface area contributed by atoms with Gasteiger partial charge in [0.05, 0.1) is 0 Å². The Labute approximate surface area is 162 Å². The Bertz CT molecular complexity index is 1050. The molecule has 1 saturated heterocycles. The van der Waals surface area contributed by atoms with Crippen molar-refractivity contribution in [2.24, 2.45) is 0 Å². The molecule has 140 valence electrons. The lowest BCUT2D eigenvalue weighted by Crippen LogP contribution is -2.24. The van der Waals surface area contributed by atoms with Crippen molar-refractivity contribution < 1.29 is 9.53 Å². The van der Waals surface area contributed by atoms with E-state index < -0.39 is 0 Å². The van der Waals surface area contributed by atoms with E-state index in [0.29, 0.717) is 18.1 Å². The number of aromatic nitrogens is 3. The summed E-state index contributed by atoms with van der Waals surface area (Å²) in [5, 5.41) is 11.1. The van der Waals surface area contributed by atoms with Crippen LogP contribution >= 0.6 is 0 Å². The van der Waals surface area contributed by atoms with E-state index >= 15 is 0 Å². The Morgan fingerprint density at radius 2 is 2.11 bits per heavy atom. The third kappa shape index (κ3) is 2.85. The average Bonchev–Trinajstić information content (AvgIpc) is 3.14. The normalized spacial score (nSPS) is 17.7. The van der Waals surface area contributed by atoms with Gasteiger partial charge in [-0.25, -0.2) is 4.98 Å². The molecule has 7 nitrogen and oxygen atoms in total. The molecule has 28 heavy (non-hydrogen) atoms. The van der Waals surface area contributed by atoms with Crippen molar-refractivity contribution >= 4 is 23.2 Å². The van der Waals surface area contributed by atoms with Crippen LogP contribution in [-0.4, -0.2) is 27.6 Å². The number of hydrogen-bond donors (Lipinski definition) is 1. The molecule has 1 amide bonds. The Hall–Kier alpha value is -3.48. The number of hydrogen-bond acceptors (Lipinski definition) is 6. The van der Waals surface area contributed by atoms with Crippen molar-refractivity contribution in [3.8, 4) is 16.9 Å². The van der Waals surface area contributed by atoms with E-state index in [0.717, 1.165) is 41.1 Å². The molecule has 1 aromatic carbocycles. The standard InChI is InChI=1S/C21H19N5O2/c1-13-16-11-20(24-19-4-2-8-23-25-19)22-12-17(16)15-7-6-14(10-18(15)28-13)26-9-3-5-21(26)27/h2,4,6-8,10-13H,3,5,9H2,1H3,(H,22,24,25)/t13-/m0/s1. The Kier molecular flexibility index (Phi) is 3.93. The van der Waals surface area contributed by atoms with Gasteiger partial charge < -0.3 is 15.0 Å². The minimum atomic E-state index is -0.127. The van der Waals surface area contributed by atoms with Crippen molar-refractivity contribution in [1.82, 2.24) is 15.2 Å². The first-order valence-electron chi connectivity index (χ1n) is 9.35. The van der Waals surface area contributed by atoms with Gasteiger partial charge in [0.1, 0.15) is 17.7 Å². The van der Waals surface area contributed by atoms with Crippen LogP contribution in [0.1, 0.15) is 31.4 Å². The first kappa shape index (κ1) is 16.7. The van der Waals surface area contributed by atoms with Crippen LogP contribution in [0.2, 0.25) is 0 Å². The summed E-state index contributed by atoms with van der Waals surface area (Å²) >= 11 is 0. The maximum atomic E-state index is 12.1. The second-order valence-electron chi connectivity index (χ2n) is 6.98. The van der Waals surface area contributed by atoms with Crippen molar-refractivity contribution in [3.05, 3.63) is 54.4 Å². The van der Waals surface area contributed by atoms with E-state index in [4.69, 9.17) is 4.74 Å². The van der Waals surface area contributed by atoms with Gasteiger partial charge in [-0.15, -0.1) is 5.10 Å². The molecule has 4 heterocycles. The highest BCUT2D eigenvalue weighted by atomic mass is 16.5. The highest BCUT2D eigenvalue weighted by molar-refractivity contribution is 5.96. The van der Waals surface area contributed by atoms with Gasteiger partial charge in [0.25, 0.3) is 0 Å². The number of pyridine rings is 1. The summed E-state index contributed by atoms with van der Waals surface area (Å²) < 4.78 is 6.18. The third-order valence-electron chi connectivity index (χ3n) is 5.15. The highest BCUT2D eigenvalue weighted by Crippen LogP contribution is 2.44. The van der Waals surface area contributed by atoms with Gasteiger partial charge >= 0.3 is 0 Å². The Morgan fingerprint density at radius 3 is 2.89 bits per heavy atom. The number of rotatable bonds is 3. The largest absolute Gasteiger partial charge is 0.485 e. The summed E-state index contributed by atoms with van der Waals surface area (Å²) in [6, 6.07) is 11.6. The summed E-state index contributed by atoms with van der Waals surface area (Å²) in [6.45, 7) is 2.78. The van der Waals surface area contributed by atoms with E-state index in [9.17, 15) is 4.79 Å². The zero-order valence-corrected chi connectivity index (χ0v) is 15.4. The van der Waals surface area contributed by atoms with Crippen molar-refractivity contribution in [1.29, 1.82) is 0 Å². The summed E-state index contributed by atoms with van der Waals surface area (Å²) in [4.78, 5) is 18.4. The molecule has 0 bridgehead atoms. The van der Waals surface area contributed by atoms with Crippen LogP contribution in [0.3, 0.4) is 0 Å². The predicted octanol–water partition coefficient (Wildman–Crippen LogP) is 3.86. The topological polar surface area (TPSA) is 80.2 Å². The fourth-order valence-corrected chi connectivity index (χ4v) is 3.77. The molecular weight excluding hydrogens is 354 g/mol. The fraction of sp³-hybridized carbons (Fsp3) is 0.238. The summed E-state index contributed by atoms with van der Waals surface area (Å²) in [5.41, 5.74) is 3.98. The van der Waals surface area contributed by atoms with Gasteiger partial charge in [0.15, 0.2) is 5.82 Å². The lowest BCUT2D eigenvalue weighted by Gasteiger charge is -2.28. The summed E-state index contributed by atoms with van der Waals surface area (Å²) in [6.07, 6.45) is 4.87. The van der Waals surface area contributed by atoms with E-state index in [2.05, 4.69) is 20.5 Å². The minimum absolute atomic E-state index is 0.127. The van der Waals surface area contributed by atoms with Crippen LogP contribution in [-0.2, 0) is 4.79 Å². The first-order valence-corrected chi connectivity index (χ1v) is 9.35. The van der Waals surface area contributed by atoms with Crippen LogP contribution < -0.4 is 15.0 Å². The molecular formula is C21H19N5O2. The summed E-state index contributed by atoms with van der Waals surface area (Å²) in [7, 11) is 0. The Morgan fingerprint density at radius 1 is 1.18 bits per heavy atom. The monoisotopic (exact) mass is 373 g/mol. The second-order valence-corrected chi connectivity index (χ2v) is 6.98. The molecule has 1 atom stereocenters. The average molecular weight is 373 g/mol. The lowest BCUT2D eigenvalue weighted by atomic mass is 9.94. The van der Waals surface area contributed by atoms with E-state index in [-0.39, 0.29) is 12.0 Å². The minimum Gasteiger partial charge on any atom is -0.485 e. The second kappa shape index (κ2) is 6.60. The van der Waals surface area contributed by atoms with E-state index in [1.807, 2.05) is 54.4 Å². The molecule has 1 fully saturated rings. The maximum Gasteiger partial charge on any atom is 0.227 e. The zero-order valence-electron chi connectivity index (χ0n) is 15.4. The molecule has 0 radical (unpaired) electrons.